The number of sulfonamides is 1. The highest BCUT2D eigenvalue weighted by Crippen LogP contribution is 2.29. The summed E-state index contributed by atoms with van der Waals surface area (Å²) >= 11 is 0. The number of nitrogens with zero attached hydrogens (tertiary/aromatic N) is 3. The van der Waals surface area contributed by atoms with Crippen LogP contribution in [0.2, 0.25) is 0 Å². The molecule has 3 rings (SSSR count). The van der Waals surface area contributed by atoms with E-state index < -0.39 is 21.8 Å². The molecule has 0 radical (unpaired) electrons. The van der Waals surface area contributed by atoms with Gasteiger partial charge in [0.25, 0.3) is 0 Å². The third kappa shape index (κ3) is 5.53. The highest BCUT2D eigenvalue weighted by atomic mass is 32.2. The van der Waals surface area contributed by atoms with E-state index >= 15 is 0 Å². The fourth-order valence-electron chi connectivity index (χ4n) is 3.40. The minimum absolute atomic E-state index is 0.118. The van der Waals surface area contributed by atoms with Crippen LogP contribution in [0.25, 0.3) is 11.0 Å². The molecule has 3 aromatic rings. The number of amides is 1. The number of aryl methyl sites for hydroxylation is 2. The Morgan fingerprint density at radius 2 is 1.79 bits per heavy atom. The molecule has 0 spiro atoms. The summed E-state index contributed by atoms with van der Waals surface area (Å²) in [6, 6.07) is 9.39. The van der Waals surface area contributed by atoms with E-state index in [2.05, 4.69) is 10.3 Å². The highest BCUT2D eigenvalue weighted by Gasteiger charge is 2.29. The van der Waals surface area contributed by atoms with E-state index in [9.17, 15) is 26.4 Å². The van der Waals surface area contributed by atoms with Gasteiger partial charge in [-0.25, -0.2) is 17.7 Å². The van der Waals surface area contributed by atoms with Crippen molar-refractivity contribution < 1.29 is 26.4 Å². The summed E-state index contributed by atoms with van der Waals surface area (Å²) in [4.78, 5) is 17.0. The maximum atomic E-state index is 12.6. The van der Waals surface area contributed by atoms with Gasteiger partial charge in [-0.15, -0.1) is 0 Å². The van der Waals surface area contributed by atoms with Gasteiger partial charge in [-0.05, 0) is 42.8 Å². The molecule has 0 atom stereocenters. The third-order valence-electron chi connectivity index (χ3n) is 5.24. The number of alkyl halides is 3. The molecule has 0 bridgehead atoms. The minimum atomic E-state index is -4.40. The maximum absolute atomic E-state index is 12.6. The van der Waals surface area contributed by atoms with Crippen LogP contribution in [0.5, 0.6) is 0 Å². The first kappa shape index (κ1) is 24.7. The third-order valence-corrected chi connectivity index (χ3v) is 7.05. The molecule has 11 heteroatoms. The van der Waals surface area contributed by atoms with Gasteiger partial charge >= 0.3 is 6.18 Å². The van der Waals surface area contributed by atoms with Crippen molar-refractivity contribution in [2.75, 3.05) is 14.1 Å². The number of rotatable bonds is 8. The topological polar surface area (TPSA) is 84.3 Å². The van der Waals surface area contributed by atoms with E-state index in [-0.39, 0.29) is 23.8 Å². The van der Waals surface area contributed by atoms with Crippen LogP contribution in [0.1, 0.15) is 30.3 Å². The molecule has 7 nitrogen and oxygen atoms in total. The number of carbonyl (C=O) groups excluding carboxylic acids is 1. The van der Waals surface area contributed by atoms with E-state index in [1.54, 1.807) is 6.07 Å². The molecule has 0 aliphatic heterocycles. The smallest absolute Gasteiger partial charge is 0.352 e. The normalized spacial score (nSPS) is 12.5. The molecule has 1 heterocycles. The summed E-state index contributed by atoms with van der Waals surface area (Å²) in [5.41, 5.74) is 1.12. The summed E-state index contributed by atoms with van der Waals surface area (Å²) < 4.78 is 65.8. The van der Waals surface area contributed by atoms with Crippen molar-refractivity contribution in [3.63, 3.8) is 0 Å². The quantitative estimate of drug-likeness (QED) is 0.532. The number of fused-ring (bicyclic) bond motifs is 1. The molecule has 0 aliphatic rings. The summed E-state index contributed by atoms with van der Waals surface area (Å²) in [7, 11) is -0.677. The van der Waals surface area contributed by atoms with Gasteiger partial charge in [0.2, 0.25) is 15.9 Å². The SMILES string of the molecule is CCn1c(CCC(=O)NCc2ccc(C(F)(F)F)cc2)nc2cc(S(=O)(=O)N(C)C)ccc21. The van der Waals surface area contributed by atoms with Gasteiger partial charge in [-0.2, -0.15) is 13.2 Å². The van der Waals surface area contributed by atoms with Crippen LogP contribution < -0.4 is 5.32 Å². The first-order valence-corrected chi connectivity index (χ1v) is 11.7. The molecule has 0 saturated heterocycles. The Morgan fingerprint density at radius 3 is 2.36 bits per heavy atom. The van der Waals surface area contributed by atoms with Gasteiger partial charge in [-0.3, -0.25) is 4.79 Å². The lowest BCUT2D eigenvalue weighted by Gasteiger charge is -2.11. The Bertz CT molecular complexity index is 1250. The second-order valence-corrected chi connectivity index (χ2v) is 9.83. The second-order valence-electron chi connectivity index (χ2n) is 7.68. The number of hydrogen-bond donors (Lipinski definition) is 1. The Morgan fingerprint density at radius 1 is 1.12 bits per heavy atom. The molecule has 1 N–H and O–H groups in total. The number of halogens is 3. The molecule has 33 heavy (non-hydrogen) atoms. The zero-order valence-corrected chi connectivity index (χ0v) is 19.3. The second kappa shape index (κ2) is 9.52. The predicted molar refractivity (Wildman–Crippen MR) is 118 cm³/mol. The zero-order valence-electron chi connectivity index (χ0n) is 18.5. The number of aromatic nitrogens is 2. The Kier molecular flexibility index (Phi) is 7.13. The first-order chi connectivity index (χ1) is 15.4. The minimum Gasteiger partial charge on any atom is -0.352 e. The van der Waals surface area contributed by atoms with E-state index in [0.717, 1.165) is 22.0 Å². The number of benzene rings is 2. The number of imidazole rings is 1. The Labute approximate surface area is 190 Å². The molecular weight excluding hydrogens is 457 g/mol. The average molecular weight is 483 g/mol. The zero-order chi connectivity index (χ0) is 24.4. The standard InChI is InChI=1S/C22H25F3N4O3S/c1-4-29-19-10-9-17(33(31,32)28(2)3)13-18(19)27-20(29)11-12-21(30)26-14-15-5-7-16(8-6-15)22(23,24)25/h5-10,13H,4,11-12,14H2,1-3H3,(H,26,30). The summed E-state index contributed by atoms with van der Waals surface area (Å²) in [6.45, 7) is 2.64. The van der Waals surface area contributed by atoms with Crippen molar-refractivity contribution in [3.05, 3.63) is 59.4 Å². The Balaban J connectivity index is 1.67. The van der Waals surface area contributed by atoms with E-state index in [1.807, 2.05) is 11.5 Å². The lowest BCUT2D eigenvalue weighted by Crippen LogP contribution is -2.23. The largest absolute Gasteiger partial charge is 0.416 e. The molecular formula is C22H25F3N4O3S. The predicted octanol–water partition coefficient (Wildman–Crippen LogP) is 3.57. The first-order valence-electron chi connectivity index (χ1n) is 10.3. The molecule has 0 unspecified atom stereocenters. The van der Waals surface area contributed by atoms with Crippen LogP contribution in [0.3, 0.4) is 0 Å². The van der Waals surface area contributed by atoms with Crippen LogP contribution in [0, 0.1) is 0 Å². The van der Waals surface area contributed by atoms with Crippen molar-refractivity contribution in [2.24, 2.45) is 0 Å². The van der Waals surface area contributed by atoms with Gasteiger partial charge in [0.15, 0.2) is 0 Å². The monoisotopic (exact) mass is 482 g/mol. The lowest BCUT2D eigenvalue weighted by atomic mass is 10.1. The highest BCUT2D eigenvalue weighted by molar-refractivity contribution is 7.89. The summed E-state index contributed by atoms with van der Waals surface area (Å²) in [5, 5.41) is 2.70. The summed E-state index contributed by atoms with van der Waals surface area (Å²) in [6.07, 6.45) is -3.94. The van der Waals surface area contributed by atoms with Gasteiger partial charge in [0.1, 0.15) is 5.82 Å². The molecule has 1 amide bonds. The van der Waals surface area contributed by atoms with Crippen molar-refractivity contribution in [3.8, 4) is 0 Å². The van der Waals surface area contributed by atoms with Gasteiger partial charge in [-0.1, -0.05) is 12.1 Å². The number of carbonyl (C=O) groups is 1. The fraction of sp³-hybridized carbons (Fsp3) is 0.364. The van der Waals surface area contributed by atoms with E-state index in [1.165, 1.54) is 38.4 Å². The average Bonchev–Trinajstić information content (AvgIpc) is 3.12. The van der Waals surface area contributed by atoms with Crippen molar-refractivity contribution >= 4 is 27.0 Å². The molecule has 178 valence electrons. The summed E-state index contributed by atoms with van der Waals surface area (Å²) in [5.74, 6) is 0.386. The molecule has 0 saturated carbocycles. The number of nitrogens with one attached hydrogen (secondary N) is 1. The van der Waals surface area contributed by atoms with Crippen LogP contribution in [-0.2, 0) is 40.5 Å². The van der Waals surface area contributed by atoms with E-state index in [4.69, 9.17) is 0 Å². The van der Waals surface area contributed by atoms with Gasteiger partial charge in [0, 0.05) is 40.0 Å². The van der Waals surface area contributed by atoms with Crippen LogP contribution >= 0.6 is 0 Å². The lowest BCUT2D eigenvalue weighted by molar-refractivity contribution is -0.137. The fourth-order valence-corrected chi connectivity index (χ4v) is 4.32. The van der Waals surface area contributed by atoms with Gasteiger partial charge in [0.05, 0.1) is 21.5 Å². The molecule has 0 fully saturated rings. The molecule has 0 aliphatic carbocycles. The van der Waals surface area contributed by atoms with Crippen LogP contribution in [0.4, 0.5) is 13.2 Å². The van der Waals surface area contributed by atoms with Crippen molar-refractivity contribution in [2.45, 2.75) is 43.9 Å². The van der Waals surface area contributed by atoms with Crippen LogP contribution in [0.15, 0.2) is 47.4 Å². The molecule has 1 aromatic heterocycles. The molecule has 2 aromatic carbocycles. The van der Waals surface area contributed by atoms with Crippen LogP contribution in [-0.4, -0.2) is 42.3 Å². The van der Waals surface area contributed by atoms with Crippen molar-refractivity contribution in [1.29, 1.82) is 0 Å². The van der Waals surface area contributed by atoms with Crippen molar-refractivity contribution in [1.82, 2.24) is 19.2 Å². The van der Waals surface area contributed by atoms with E-state index in [0.29, 0.717) is 29.9 Å². The Hall–Kier alpha value is -2.92. The maximum Gasteiger partial charge on any atom is 0.416 e. The van der Waals surface area contributed by atoms with Gasteiger partial charge < -0.3 is 9.88 Å². The number of hydrogen-bond acceptors (Lipinski definition) is 4.